The Hall–Kier alpha value is -3.58. The van der Waals surface area contributed by atoms with E-state index in [1.54, 1.807) is 12.1 Å². The molecule has 2 amide bonds. The molecule has 182 valence electrons. The Labute approximate surface area is 207 Å². The van der Waals surface area contributed by atoms with E-state index < -0.39 is 0 Å². The van der Waals surface area contributed by atoms with Crippen molar-refractivity contribution in [3.63, 3.8) is 0 Å². The molecule has 0 bridgehead atoms. The van der Waals surface area contributed by atoms with Gasteiger partial charge in [-0.1, -0.05) is 35.4 Å². The quantitative estimate of drug-likeness (QED) is 0.558. The monoisotopic (exact) mass is 471 g/mol. The molecule has 1 aliphatic heterocycles. The molecule has 4 rings (SSSR count). The summed E-state index contributed by atoms with van der Waals surface area (Å²) in [4.78, 5) is 36.5. The summed E-state index contributed by atoms with van der Waals surface area (Å²) in [6, 6.07) is 11.8. The number of aryl methyl sites for hydroxylation is 4. The fourth-order valence-corrected chi connectivity index (χ4v) is 4.65. The first kappa shape index (κ1) is 24.5. The second-order valence-corrected chi connectivity index (χ2v) is 9.47. The van der Waals surface area contributed by atoms with Crippen molar-refractivity contribution < 1.29 is 9.59 Å². The number of rotatable bonds is 6. The highest BCUT2D eigenvalue weighted by atomic mass is 16.2. The van der Waals surface area contributed by atoms with Gasteiger partial charge in [0.25, 0.3) is 11.8 Å². The van der Waals surface area contributed by atoms with Crippen molar-refractivity contribution in [1.82, 2.24) is 20.2 Å². The SMILES string of the molecule is Cc1ccc(C(=O)Nc2nccnc2C(=O)NC2CCN(Cc3c(C)cc(C)cc3C)CC2)cc1. The number of hydrogen-bond donors (Lipinski definition) is 2. The molecule has 0 atom stereocenters. The number of nitrogens with zero attached hydrogens (tertiary/aromatic N) is 3. The summed E-state index contributed by atoms with van der Waals surface area (Å²) in [5, 5.41) is 5.82. The highest BCUT2D eigenvalue weighted by Gasteiger charge is 2.24. The van der Waals surface area contributed by atoms with Crippen LogP contribution in [0.1, 0.15) is 61.5 Å². The van der Waals surface area contributed by atoms with E-state index in [-0.39, 0.29) is 29.4 Å². The fraction of sp³-hybridized carbons (Fsp3) is 0.357. The van der Waals surface area contributed by atoms with E-state index in [1.807, 2.05) is 19.1 Å². The first-order chi connectivity index (χ1) is 16.8. The van der Waals surface area contributed by atoms with Gasteiger partial charge in [-0.15, -0.1) is 0 Å². The third-order valence-corrected chi connectivity index (χ3v) is 6.60. The fourth-order valence-electron chi connectivity index (χ4n) is 4.65. The third kappa shape index (κ3) is 6.11. The zero-order valence-corrected chi connectivity index (χ0v) is 20.9. The minimum absolute atomic E-state index is 0.0571. The number of aromatic nitrogens is 2. The van der Waals surface area contributed by atoms with Crippen molar-refractivity contribution in [2.24, 2.45) is 0 Å². The third-order valence-electron chi connectivity index (χ3n) is 6.60. The van der Waals surface area contributed by atoms with Crippen LogP contribution in [0.5, 0.6) is 0 Å². The van der Waals surface area contributed by atoms with E-state index in [4.69, 9.17) is 0 Å². The molecule has 7 heteroatoms. The molecule has 1 saturated heterocycles. The number of hydrogen-bond acceptors (Lipinski definition) is 5. The lowest BCUT2D eigenvalue weighted by atomic mass is 9.98. The number of benzene rings is 2. The van der Waals surface area contributed by atoms with Crippen LogP contribution in [0.15, 0.2) is 48.8 Å². The van der Waals surface area contributed by atoms with E-state index >= 15 is 0 Å². The zero-order valence-electron chi connectivity index (χ0n) is 20.9. The summed E-state index contributed by atoms with van der Waals surface area (Å²) in [5.41, 5.74) is 7.05. The summed E-state index contributed by atoms with van der Waals surface area (Å²) < 4.78 is 0. The highest BCUT2D eigenvalue weighted by molar-refractivity contribution is 6.07. The molecule has 1 aromatic heterocycles. The van der Waals surface area contributed by atoms with Crippen molar-refractivity contribution >= 4 is 17.6 Å². The van der Waals surface area contributed by atoms with Crippen LogP contribution in [0, 0.1) is 27.7 Å². The Bertz CT molecular complexity index is 1190. The van der Waals surface area contributed by atoms with Crippen LogP contribution in [0.25, 0.3) is 0 Å². The van der Waals surface area contributed by atoms with Crippen molar-refractivity contribution in [3.05, 3.63) is 87.9 Å². The van der Waals surface area contributed by atoms with Gasteiger partial charge in [0.05, 0.1) is 0 Å². The minimum Gasteiger partial charge on any atom is -0.348 e. The molecule has 2 aromatic carbocycles. The molecule has 1 fully saturated rings. The molecule has 0 radical (unpaired) electrons. The molecule has 35 heavy (non-hydrogen) atoms. The molecule has 1 aliphatic rings. The molecule has 3 aromatic rings. The second kappa shape index (κ2) is 10.8. The van der Waals surface area contributed by atoms with Gasteiger partial charge >= 0.3 is 0 Å². The predicted octanol–water partition coefficient (Wildman–Crippen LogP) is 4.36. The number of anilines is 1. The van der Waals surface area contributed by atoms with Crippen LogP contribution < -0.4 is 10.6 Å². The molecule has 2 N–H and O–H groups in total. The summed E-state index contributed by atoms with van der Waals surface area (Å²) >= 11 is 0. The molecule has 0 saturated carbocycles. The summed E-state index contributed by atoms with van der Waals surface area (Å²) in [7, 11) is 0. The molecular formula is C28H33N5O2. The number of amides is 2. The average Bonchev–Trinajstić information content (AvgIpc) is 2.83. The largest absolute Gasteiger partial charge is 0.348 e. The van der Waals surface area contributed by atoms with Gasteiger partial charge in [0.15, 0.2) is 11.5 Å². The molecule has 0 aliphatic carbocycles. The Morgan fingerprint density at radius 2 is 1.51 bits per heavy atom. The predicted molar refractivity (Wildman–Crippen MR) is 138 cm³/mol. The van der Waals surface area contributed by atoms with Crippen LogP contribution >= 0.6 is 0 Å². The lowest BCUT2D eigenvalue weighted by Gasteiger charge is -2.33. The first-order valence-corrected chi connectivity index (χ1v) is 12.1. The lowest BCUT2D eigenvalue weighted by molar-refractivity contribution is 0.0904. The molecule has 0 unspecified atom stereocenters. The van der Waals surface area contributed by atoms with E-state index in [9.17, 15) is 9.59 Å². The van der Waals surface area contributed by atoms with Crippen molar-refractivity contribution in [3.8, 4) is 0 Å². The van der Waals surface area contributed by atoms with Gasteiger partial charge in [-0.2, -0.15) is 0 Å². The van der Waals surface area contributed by atoms with Gasteiger partial charge in [0.2, 0.25) is 0 Å². The van der Waals surface area contributed by atoms with Crippen molar-refractivity contribution in [1.29, 1.82) is 0 Å². The molecule has 2 heterocycles. The van der Waals surface area contributed by atoms with Gasteiger partial charge in [0, 0.05) is 43.6 Å². The molecule has 0 spiro atoms. The van der Waals surface area contributed by atoms with Gasteiger partial charge in [-0.25, -0.2) is 9.97 Å². The zero-order chi connectivity index (χ0) is 24.9. The smallest absolute Gasteiger partial charge is 0.273 e. The maximum Gasteiger partial charge on any atom is 0.273 e. The van der Waals surface area contributed by atoms with Gasteiger partial charge in [0.1, 0.15) is 0 Å². The topological polar surface area (TPSA) is 87.2 Å². The van der Waals surface area contributed by atoms with Gasteiger partial charge in [-0.3, -0.25) is 14.5 Å². The average molecular weight is 472 g/mol. The highest BCUT2D eigenvalue weighted by Crippen LogP contribution is 2.21. The minimum atomic E-state index is -0.324. The van der Waals surface area contributed by atoms with Crippen LogP contribution in [-0.2, 0) is 6.54 Å². The van der Waals surface area contributed by atoms with E-state index in [1.165, 1.54) is 34.6 Å². The maximum absolute atomic E-state index is 13.0. The van der Waals surface area contributed by atoms with Crippen LogP contribution in [0.2, 0.25) is 0 Å². The maximum atomic E-state index is 13.0. The van der Waals surface area contributed by atoms with Crippen molar-refractivity contribution in [2.75, 3.05) is 18.4 Å². The first-order valence-electron chi connectivity index (χ1n) is 12.1. The summed E-state index contributed by atoms with van der Waals surface area (Å²) in [6.07, 6.45) is 4.66. The number of carbonyl (C=O) groups is 2. The van der Waals surface area contributed by atoms with E-state index in [0.717, 1.165) is 38.0 Å². The van der Waals surface area contributed by atoms with Crippen LogP contribution in [-0.4, -0.2) is 45.8 Å². The molecular weight excluding hydrogens is 438 g/mol. The van der Waals surface area contributed by atoms with Crippen molar-refractivity contribution in [2.45, 2.75) is 53.1 Å². The van der Waals surface area contributed by atoms with Crippen LogP contribution in [0.3, 0.4) is 0 Å². The Balaban J connectivity index is 1.35. The Morgan fingerprint density at radius 1 is 0.886 bits per heavy atom. The van der Waals surface area contributed by atoms with Gasteiger partial charge < -0.3 is 10.6 Å². The van der Waals surface area contributed by atoms with Crippen LogP contribution in [0.4, 0.5) is 5.82 Å². The lowest BCUT2D eigenvalue weighted by Crippen LogP contribution is -2.44. The Morgan fingerprint density at radius 3 is 2.17 bits per heavy atom. The number of likely N-dealkylation sites (tertiary alicyclic amines) is 1. The Kier molecular flexibility index (Phi) is 7.56. The van der Waals surface area contributed by atoms with E-state index in [0.29, 0.717) is 5.56 Å². The molecule has 7 nitrogen and oxygen atoms in total. The number of carbonyl (C=O) groups excluding carboxylic acids is 2. The summed E-state index contributed by atoms with van der Waals surface area (Å²) in [6.45, 7) is 11.2. The number of piperidine rings is 1. The standard InChI is InChI=1S/C28H33N5O2/c1-18-5-7-22(8-6-18)27(34)32-26-25(29-11-12-30-26)28(35)31-23-9-13-33(14-10-23)17-24-20(3)15-19(2)16-21(24)4/h5-8,11-12,15-16,23H,9-10,13-14,17H2,1-4H3,(H,31,35)(H,30,32,34). The normalized spacial score (nSPS) is 14.5. The second-order valence-electron chi connectivity index (χ2n) is 9.47. The van der Waals surface area contributed by atoms with Gasteiger partial charge in [-0.05, 0) is 69.4 Å². The summed E-state index contributed by atoms with van der Waals surface area (Å²) in [5.74, 6) is -0.478. The number of nitrogens with one attached hydrogen (secondary N) is 2. The van der Waals surface area contributed by atoms with E-state index in [2.05, 4.69) is 58.4 Å².